The second kappa shape index (κ2) is 4.28. The first kappa shape index (κ1) is 10.5. The number of carbonyl (C=O) groups excluding carboxylic acids is 1. The molecule has 1 aromatic carbocycles. The largest absolute Gasteiger partial charge is 0.294 e. The molecule has 2 nitrogen and oxygen atoms in total. The van der Waals surface area contributed by atoms with E-state index < -0.39 is 0 Å². The molecule has 0 N–H and O–H groups in total. The van der Waals surface area contributed by atoms with Crippen molar-refractivity contribution in [3.63, 3.8) is 0 Å². The maximum atomic E-state index is 12.4. The van der Waals surface area contributed by atoms with Crippen LogP contribution in [0.15, 0.2) is 36.5 Å². The lowest BCUT2D eigenvalue weighted by Crippen LogP contribution is -2.11. The van der Waals surface area contributed by atoms with Gasteiger partial charge in [-0.05, 0) is 25.0 Å². The fraction of sp³-hybridized carbons (Fsp3) is 0.333. The molecule has 2 aromatic rings. The van der Waals surface area contributed by atoms with E-state index in [0.717, 1.165) is 29.3 Å². The summed E-state index contributed by atoms with van der Waals surface area (Å²) >= 11 is 0. The highest BCUT2D eigenvalue weighted by molar-refractivity contribution is 6.08. The third-order valence-corrected chi connectivity index (χ3v) is 3.64. The van der Waals surface area contributed by atoms with E-state index in [9.17, 15) is 4.79 Å². The number of hydrogen-bond acceptors (Lipinski definition) is 2. The van der Waals surface area contributed by atoms with Crippen LogP contribution in [0.5, 0.6) is 0 Å². The highest BCUT2D eigenvalue weighted by Gasteiger charge is 2.24. The monoisotopic (exact) mass is 225 g/mol. The molecular weight excluding hydrogens is 210 g/mol. The van der Waals surface area contributed by atoms with Gasteiger partial charge in [0.2, 0.25) is 0 Å². The summed E-state index contributed by atoms with van der Waals surface area (Å²) < 4.78 is 0. The number of Topliss-reactive ketones (excluding diaryl/α,β-unsaturated/α-hetero) is 1. The first-order chi connectivity index (χ1) is 8.36. The number of hydrogen-bond donors (Lipinski definition) is 0. The van der Waals surface area contributed by atoms with Gasteiger partial charge in [0, 0.05) is 23.1 Å². The minimum absolute atomic E-state index is 0.237. The first-order valence-electron chi connectivity index (χ1n) is 6.24. The van der Waals surface area contributed by atoms with Crippen molar-refractivity contribution in [3.05, 3.63) is 42.1 Å². The van der Waals surface area contributed by atoms with Crippen LogP contribution in [0.2, 0.25) is 0 Å². The Balaban J connectivity index is 2.07. The molecule has 0 radical (unpaired) electrons. The van der Waals surface area contributed by atoms with Gasteiger partial charge >= 0.3 is 0 Å². The van der Waals surface area contributed by atoms with Crippen LogP contribution >= 0.6 is 0 Å². The number of rotatable bonds is 2. The van der Waals surface area contributed by atoms with E-state index >= 15 is 0 Å². The standard InChI is InChI=1S/C15H15NO/c17-15(11-5-1-2-6-11)13-7-3-9-14-12(13)8-4-10-16-14/h3-4,7-11H,1-2,5-6H2. The summed E-state index contributed by atoms with van der Waals surface area (Å²) in [7, 11) is 0. The molecule has 0 atom stereocenters. The minimum atomic E-state index is 0.237. The lowest BCUT2D eigenvalue weighted by atomic mass is 9.94. The lowest BCUT2D eigenvalue weighted by Gasteiger charge is -2.10. The third kappa shape index (κ3) is 1.84. The second-order valence-corrected chi connectivity index (χ2v) is 4.72. The highest BCUT2D eigenvalue weighted by Crippen LogP contribution is 2.30. The van der Waals surface area contributed by atoms with Crippen molar-refractivity contribution in [2.45, 2.75) is 25.7 Å². The van der Waals surface area contributed by atoms with Gasteiger partial charge in [-0.15, -0.1) is 0 Å². The van der Waals surface area contributed by atoms with Crippen LogP contribution in [-0.2, 0) is 0 Å². The van der Waals surface area contributed by atoms with E-state index in [1.165, 1.54) is 12.8 Å². The molecule has 0 spiro atoms. The SMILES string of the molecule is O=C(c1cccc2ncccc12)C1CCCC1. The molecular formula is C15H15NO. The molecule has 1 saturated carbocycles. The number of aromatic nitrogens is 1. The molecule has 0 amide bonds. The number of benzene rings is 1. The molecule has 86 valence electrons. The molecule has 1 aliphatic rings. The molecule has 1 aliphatic carbocycles. The minimum Gasteiger partial charge on any atom is -0.294 e. The maximum absolute atomic E-state index is 12.4. The Kier molecular flexibility index (Phi) is 2.63. The third-order valence-electron chi connectivity index (χ3n) is 3.64. The van der Waals surface area contributed by atoms with Crippen molar-refractivity contribution in [1.29, 1.82) is 0 Å². The molecule has 0 bridgehead atoms. The smallest absolute Gasteiger partial charge is 0.166 e. The van der Waals surface area contributed by atoms with Crippen molar-refractivity contribution < 1.29 is 4.79 Å². The van der Waals surface area contributed by atoms with Crippen molar-refractivity contribution in [1.82, 2.24) is 4.98 Å². The predicted molar refractivity (Wildman–Crippen MR) is 68.0 cm³/mol. The Labute approximate surface area is 101 Å². The lowest BCUT2D eigenvalue weighted by molar-refractivity contribution is 0.0924. The van der Waals surface area contributed by atoms with Gasteiger partial charge in [-0.3, -0.25) is 9.78 Å². The van der Waals surface area contributed by atoms with Crippen LogP contribution in [0.3, 0.4) is 0 Å². The van der Waals surface area contributed by atoms with Gasteiger partial charge in [0.15, 0.2) is 5.78 Å². The van der Waals surface area contributed by atoms with E-state index in [0.29, 0.717) is 5.78 Å². The van der Waals surface area contributed by atoms with Gasteiger partial charge < -0.3 is 0 Å². The van der Waals surface area contributed by atoms with Gasteiger partial charge in [0.1, 0.15) is 0 Å². The topological polar surface area (TPSA) is 30.0 Å². The molecule has 3 rings (SSSR count). The predicted octanol–water partition coefficient (Wildman–Crippen LogP) is 3.61. The van der Waals surface area contributed by atoms with Crippen molar-refractivity contribution >= 4 is 16.7 Å². The van der Waals surface area contributed by atoms with Crippen LogP contribution in [0.1, 0.15) is 36.0 Å². The molecule has 0 aliphatic heterocycles. The summed E-state index contributed by atoms with van der Waals surface area (Å²) in [5, 5.41) is 0.993. The van der Waals surface area contributed by atoms with Crippen LogP contribution in [0.4, 0.5) is 0 Å². The van der Waals surface area contributed by atoms with Crippen LogP contribution in [-0.4, -0.2) is 10.8 Å². The zero-order chi connectivity index (χ0) is 11.7. The number of fused-ring (bicyclic) bond motifs is 1. The van der Waals surface area contributed by atoms with Crippen molar-refractivity contribution in [2.24, 2.45) is 5.92 Å². The summed E-state index contributed by atoms with van der Waals surface area (Å²) in [4.78, 5) is 16.7. The summed E-state index contributed by atoms with van der Waals surface area (Å²) in [5.41, 5.74) is 1.76. The zero-order valence-corrected chi connectivity index (χ0v) is 9.73. The summed E-state index contributed by atoms with van der Waals surface area (Å²) in [6.07, 6.45) is 6.26. The number of pyridine rings is 1. The Morgan fingerprint density at radius 3 is 2.76 bits per heavy atom. The molecule has 1 fully saturated rings. The summed E-state index contributed by atoms with van der Waals surface area (Å²) in [6.45, 7) is 0. The van der Waals surface area contributed by atoms with Crippen molar-refractivity contribution in [3.8, 4) is 0 Å². The molecule has 1 heterocycles. The van der Waals surface area contributed by atoms with E-state index in [1.807, 2.05) is 30.3 Å². The quantitative estimate of drug-likeness (QED) is 0.731. The summed E-state index contributed by atoms with van der Waals surface area (Å²) in [5.74, 6) is 0.543. The van der Waals surface area contributed by atoms with E-state index in [-0.39, 0.29) is 5.92 Å². The Hall–Kier alpha value is -1.70. The number of carbonyl (C=O) groups is 1. The zero-order valence-electron chi connectivity index (χ0n) is 9.73. The van der Waals surface area contributed by atoms with Gasteiger partial charge in [-0.1, -0.05) is 31.0 Å². The molecule has 0 unspecified atom stereocenters. The van der Waals surface area contributed by atoms with Crippen LogP contribution in [0, 0.1) is 5.92 Å². The van der Waals surface area contributed by atoms with Gasteiger partial charge in [-0.25, -0.2) is 0 Å². The average molecular weight is 225 g/mol. The van der Waals surface area contributed by atoms with Gasteiger partial charge in [-0.2, -0.15) is 0 Å². The van der Waals surface area contributed by atoms with Crippen molar-refractivity contribution in [2.75, 3.05) is 0 Å². The Bertz CT molecular complexity index is 550. The summed E-state index contributed by atoms with van der Waals surface area (Å²) in [6, 6.07) is 9.71. The Morgan fingerprint density at radius 2 is 1.94 bits per heavy atom. The van der Waals surface area contributed by atoms with Crippen LogP contribution < -0.4 is 0 Å². The highest BCUT2D eigenvalue weighted by atomic mass is 16.1. The van der Waals surface area contributed by atoms with E-state index in [4.69, 9.17) is 0 Å². The molecule has 2 heteroatoms. The second-order valence-electron chi connectivity index (χ2n) is 4.72. The molecule has 17 heavy (non-hydrogen) atoms. The fourth-order valence-electron chi connectivity index (χ4n) is 2.73. The van der Waals surface area contributed by atoms with Gasteiger partial charge in [0.05, 0.1) is 5.52 Å². The van der Waals surface area contributed by atoms with E-state index in [1.54, 1.807) is 6.20 Å². The Morgan fingerprint density at radius 1 is 1.12 bits per heavy atom. The van der Waals surface area contributed by atoms with Gasteiger partial charge in [0.25, 0.3) is 0 Å². The van der Waals surface area contributed by atoms with Crippen LogP contribution in [0.25, 0.3) is 10.9 Å². The fourth-order valence-corrected chi connectivity index (χ4v) is 2.73. The number of ketones is 1. The molecule has 0 saturated heterocycles. The molecule has 1 aromatic heterocycles. The normalized spacial score (nSPS) is 16.5. The maximum Gasteiger partial charge on any atom is 0.166 e. The average Bonchev–Trinajstić information content (AvgIpc) is 2.91. The first-order valence-corrected chi connectivity index (χ1v) is 6.24. The number of nitrogens with zero attached hydrogens (tertiary/aromatic N) is 1. The van der Waals surface area contributed by atoms with E-state index in [2.05, 4.69) is 4.98 Å².